The molecule has 4 heteroatoms. The Morgan fingerprint density at radius 3 is 2.50 bits per heavy atom. The summed E-state index contributed by atoms with van der Waals surface area (Å²) >= 11 is 0. The molecular weight excluding hydrogens is 156 g/mol. The molecule has 0 unspecified atom stereocenters. The number of carbonyl (C=O) groups excluding carboxylic acids is 2. The van der Waals surface area contributed by atoms with Crippen molar-refractivity contribution in [1.82, 2.24) is 10.6 Å². The maximum Gasteiger partial charge on any atom is 0.239 e. The Morgan fingerprint density at radius 2 is 2.00 bits per heavy atom. The summed E-state index contributed by atoms with van der Waals surface area (Å²) in [6.45, 7) is 5.65. The number of amides is 2. The first-order valence-corrected chi connectivity index (χ1v) is 3.85. The molecule has 0 heterocycles. The van der Waals surface area contributed by atoms with Gasteiger partial charge in [0.25, 0.3) is 0 Å². The van der Waals surface area contributed by atoms with Crippen LogP contribution in [-0.2, 0) is 9.59 Å². The van der Waals surface area contributed by atoms with E-state index in [1.165, 1.54) is 0 Å². The maximum absolute atomic E-state index is 10.8. The molecule has 12 heavy (non-hydrogen) atoms. The minimum Gasteiger partial charge on any atom is -0.351 e. The molecule has 4 nitrogen and oxygen atoms in total. The Labute approximate surface area is 72.0 Å². The van der Waals surface area contributed by atoms with E-state index in [4.69, 9.17) is 0 Å². The highest BCUT2D eigenvalue weighted by molar-refractivity contribution is 5.84. The minimum atomic E-state index is -0.197. The van der Waals surface area contributed by atoms with Gasteiger partial charge in [-0.05, 0) is 0 Å². The van der Waals surface area contributed by atoms with Gasteiger partial charge < -0.3 is 10.6 Å². The highest BCUT2D eigenvalue weighted by Crippen LogP contribution is 1.73. The summed E-state index contributed by atoms with van der Waals surface area (Å²) in [6.07, 6.45) is 1.98. The normalized spacial score (nSPS) is 8.75. The Morgan fingerprint density at radius 1 is 1.33 bits per heavy atom. The Kier molecular flexibility index (Phi) is 5.69. The van der Waals surface area contributed by atoms with Gasteiger partial charge in [0, 0.05) is 13.0 Å². The fourth-order valence-electron chi connectivity index (χ4n) is 0.552. The van der Waals surface area contributed by atoms with Gasteiger partial charge in [-0.3, -0.25) is 9.59 Å². The zero-order valence-corrected chi connectivity index (χ0v) is 7.22. The van der Waals surface area contributed by atoms with E-state index in [2.05, 4.69) is 17.2 Å². The monoisotopic (exact) mass is 170 g/mol. The van der Waals surface area contributed by atoms with Crippen molar-refractivity contribution in [1.29, 1.82) is 0 Å². The van der Waals surface area contributed by atoms with Gasteiger partial charge in [-0.25, -0.2) is 0 Å². The van der Waals surface area contributed by atoms with Crippen molar-refractivity contribution in [2.24, 2.45) is 0 Å². The van der Waals surface area contributed by atoms with E-state index in [0.29, 0.717) is 13.0 Å². The average Bonchev–Trinajstić information content (AvgIpc) is 2.10. The summed E-state index contributed by atoms with van der Waals surface area (Å²) < 4.78 is 0. The molecule has 0 radical (unpaired) electrons. The van der Waals surface area contributed by atoms with Crippen molar-refractivity contribution in [3.8, 4) is 0 Å². The molecule has 0 aliphatic heterocycles. The van der Waals surface area contributed by atoms with Gasteiger partial charge in [-0.2, -0.15) is 0 Å². The van der Waals surface area contributed by atoms with Gasteiger partial charge in [-0.15, -0.1) is 6.58 Å². The molecule has 0 saturated heterocycles. The number of rotatable bonds is 5. The van der Waals surface area contributed by atoms with Gasteiger partial charge in [0.05, 0.1) is 6.54 Å². The lowest BCUT2D eigenvalue weighted by atomic mass is 10.4. The fraction of sp³-hybridized carbons (Fsp3) is 0.500. The predicted octanol–water partition coefficient (Wildman–Crippen LogP) is -0.185. The van der Waals surface area contributed by atoms with Crippen LogP contribution < -0.4 is 10.6 Å². The van der Waals surface area contributed by atoms with Gasteiger partial charge in [0.15, 0.2) is 0 Å². The van der Waals surface area contributed by atoms with Gasteiger partial charge in [-0.1, -0.05) is 13.0 Å². The number of hydrogen-bond donors (Lipinski definition) is 2. The zero-order chi connectivity index (χ0) is 9.40. The van der Waals surface area contributed by atoms with E-state index < -0.39 is 0 Å². The topological polar surface area (TPSA) is 58.2 Å². The van der Waals surface area contributed by atoms with Crippen LogP contribution in [0.3, 0.4) is 0 Å². The molecule has 2 N–H and O–H groups in total. The van der Waals surface area contributed by atoms with Crippen molar-refractivity contribution < 1.29 is 9.59 Å². The number of nitrogens with one attached hydrogen (secondary N) is 2. The van der Waals surface area contributed by atoms with E-state index >= 15 is 0 Å². The Balaban J connectivity index is 3.43. The SMILES string of the molecule is C=CCNC(=O)CNC(=O)CC. The largest absolute Gasteiger partial charge is 0.351 e. The van der Waals surface area contributed by atoms with Crippen molar-refractivity contribution >= 4 is 11.8 Å². The molecule has 0 bridgehead atoms. The zero-order valence-electron chi connectivity index (χ0n) is 7.22. The van der Waals surface area contributed by atoms with Crippen LogP contribution >= 0.6 is 0 Å². The third-order valence-corrected chi connectivity index (χ3v) is 1.21. The molecule has 0 spiro atoms. The van der Waals surface area contributed by atoms with Crippen LogP contribution in [0.25, 0.3) is 0 Å². The molecule has 0 aromatic carbocycles. The van der Waals surface area contributed by atoms with Crippen LogP contribution in [0.5, 0.6) is 0 Å². The summed E-state index contributed by atoms with van der Waals surface area (Å²) in [5.41, 5.74) is 0. The molecule has 0 atom stereocenters. The molecule has 0 aliphatic carbocycles. The second-order valence-corrected chi connectivity index (χ2v) is 2.22. The first-order valence-electron chi connectivity index (χ1n) is 3.85. The second kappa shape index (κ2) is 6.39. The predicted molar refractivity (Wildman–Crippen MR) is 46.5 cm³/mol. The minimum absolute atomic E-state index is 0.0422. The number of hydrogen-bond acceptors (Lipinski definition) is 2. The lowest BCUT2D eigenvalue weighted by molar-refractivity contribution is -0.125. The van der Waals surface area contributed by atoms with E-state index in [1.54, 1.807) is 13.0 Å². The summed E-state index contributed by atoms with van der Waals surface area (Å²) in [4.78, 5) is 21.5. The molecule has 68 valence electrons. The molecule has 0 saturated carbocycles. The first-order chi connectivity index (χ1) is 5.70. The van der Waals surface area contributed by atoms with Gasteiger partial charge in [0.2, 0.25) is 11.8 Å². The average molecular weight is 170 g/mol. The molecule has 2 amide bonds. The Hall–Kier alpha value is -1.32. The Bertz CT molecular complexity index is 178. The van der Waals surface area contributed by atoms with Gasteiger partial charge >= 0.3 is 0 Å². The number of carbonyl (C=O) groups is 2. The lowest BCUT2D eigenvalue weighted by Crippen LogP contribution is -2.36. The molecule has 0 aliphatic rings. The van der Waals surface area contributed by atoms with E-state index in [0.717, 1.165) is 0 Å². The summed E-state index contributed by atoms with van der Waals surface area (Å²) in [5.74, 6) is -0.319. The quantitative estimate of drug-likeness (QED) is 0.562. The van der Waals surface area contributed by atoms with Crippen LogP contribution in [0, 0.1) is 0 Å². The third kappa shape index (κ3) is 5.46. The van der Waals surface area contributed by atoms with Crippen LogP contribution in [0.15, 0.2) is 12.7 Å². The van der Waals surface area contributed by atoms with Crippen LogP contribution in [0.2, 0.25) is 0 Å². The second-order valence-electron chi connectivity index (χ2n) is 2.22. The highest BCUT2D eigenvalue weighted by Gasteiger charge is 2.00. The molecular formula is C8H14N2O2. The van der Waals surface area contributed by atoms with Crippen LogP contribution in [-0.4, -0.2) is 24.9 Å². The summed E-state index contributed by atoms with van der Waals surface area (Å²) in [5, 5.41) is 5.00. The standard InChI is InChI=1S/C8H14N2O2/c1-3-5-9-8(12)6-10-7(11)4-2/h3H,1,4-6H2,2H3,(H,9,12)(H,10,11). The van der Waals surface area contributed by atoms with E-state index in [-0.39, 0.29) is 18.4 Å². The van der Waals surface area contributed by atoms with Crippen molar-refractivity contribution in [3.63, 3.8) is 0 Å². The molecule has 0 rings (SSSR count). The third-order valence-electron chi connectivity index (χ3n) is 1.21. The molecule has 0 aromatic rings. The lowest BCUT2D eigenvalue weighted by Gasteiger charge is -2.02. The van der Waals surface area contributed by atoms with E-state index in [1.807, 2.05) is 0 Å². The molecule has 0 aromatic heterocycles. The van der Waals surface area contributed by atoms with Crippen molar-refractivity contribution in [2.45, 2.75) is 13.3 Å². The smallest absolute Gasteiger partial charge is 0.239 e. The maximum atomic E-state index is 10.8. The first kappa shape index (κ1) is 10.7. The van der Waals surface area contributed by atoms with Crippen LogP contribution in [0.1, 0.15) is 13.3 Å². The molecule has 0 fully saturated rings. The fourth-order valence-corrected chi connectivity index (χ4v) is 0.552. The summed E-state index contributed by atoms with van der Waals surface area (Å²) in [7, 11) is 0. The van der Waals surface area contributed by atoms with Crippen molar-refractivity contribution in [3.05, 3.63) is 12.7 Å². The van der Waals surface area contributed by atoms with Crippen molar-refractivity contribution in [2.75, 3.05) is 13.1 Å². The van der Waals surface area contributed by atoms with Gasteiger partial charge in [0.1, 0.15) is 0 Å². The highest BCUT2D eigenvalue weighted by atomic mass is 16.2. The van der Waals surface area contributed by atoms with Crippen LogP contribution in [0.4, 0.5) is 0 Å². The summed E-state index contributed by atoms with van der Waals surface area (Å²) in [6, 6.07) is 0. The van der Waals surface area contributed by atoms with E-state index in [9.17, 15) is 9.59 Å².